The van der Waals surface area contributed by atoms with Gasteiger partial charge < -0.3 is 10.4 Å². The van der Waals surface area contributed by atoms with Crippen LogP contribution in [0, 0.1) is 0 Å². The summed E-state index contributed by atoms with van der Waals surface area (Å²) < 4.78 is 0. The summed E-state index contributed by atoms with van der Waals surface area (Å²) in [6.45, 7) is 3.72. The number of alkyl halides is 1. The first kappa shape index (κ1) is 12.7. The van der Waals surface area contributed by atoms with E-state index in [4.69, 9.17) is 16.7 Å². The van der Waals surface area contributed by atoms with Gasteiger partial charge in [0, 0.05) is 12.3 Å². The van der Waals surface area contributed by atoms with Crippen LogP contribution in [0.5, 0.6) is 0 Å². The fourth-order valence-electron chi connectivity index (χ4n) is 0.866. The lowest BCUT2D eigenvalue weighted by Crippen LogP contribution is -2.48. The van der Waals surface area contributed by atoms with Crippen molar-refractivity contribution in [3.05, 3.63) is 0 Å². The minimum absolute atomic E-state index is 0.0316. The lowest BCUT2D eigenvalue weighted by Gasteiger charge is -2.27. The average Bonchev–Trinajstić information content (AvgIpc) is 2.14. The lowest BCUT2D eigenvalue weighted by molar-refractivity contribution is -0.123. The summed E-state index contributed by atoms with van der Waals surface area (Å²) in [7, 11) is 0. The number of halogens is 1. The summed E-state index contributed by atoms with van der Waals surface area (Å²) in [5, 5.41) is 11.8. The monoisotopic (exact) mass is 207 g/mol. The maximum atomic E-state index is 11.3. The van der Waals surface area contributed by atoms with Crippen molar-refractivity contribution in [2.45, 2.75) is 38.6 Å². The van der Waals surface area contributed by atoms with E-state index in [1.54, 1.807) is 0 Å². The van der Waals surface area contributed by atoms with Crippen molar-refractivity contribution in [1.29, 1.82) is 0 Å². The number of amides is 1. The van der Waals surface area contributed by atoms with Crippen LogP contribution in [0.4, 0.5) is 0 Å². The first-order chi connectivity index (χ1) is 6.08. The number of hydrogen-bond donors (Lipinski definition) is 2. The Kier molecular flexibility index (Phi) is 6.08. The zero-order valence-corrected chi connectivity index (χ0v) is 9.02. The summed E-state index contributed by atoms with van der Waals surface area (Å²) >= 11 is 5.46. The number of aliphatic hydroxyl groups is 1. The molecule has 0 radical (unpaired) electrons. The van der Waals surface area contributed by atoms with Crippen molar-refractivity contribution in [3.8, 4) is 0 Å². The van der Waals surface area contributed by atoms with Crippen LogP contribution in [0.15, 0.2) is 0 Å². The number of aliphatic hydroxyl groups excluding tert-OH is 1. The molecule has 0 aromatic rings. The lowest BCUT2D eigenvalue weighted by atomic mass is 10.00. The number of carbonyl (C=O) groups excluding carboxylic acids is 1. The predicted molar refractivity (Wildman–Crippen MR) is 53.9 cm³/mol. The molecule has 0 spiro atoms. The highest BCUT2D eigenvalue weighted by Crippen LogP contribution is 2.08. The van der Waals surface area contributed by atoms with Crippen LogP contribution >= 0.6 is 11.6 Å². The van der Waals surface area contributed by atoms with Crippen molar-refractivity contribution >= 4 is 17.5 Å². The third-order valence-electron chi connectivity index (χ3n) is 2.11. The van der Waals surface area contributed by atoms with Gasteiger partial charge in [-0.2, -0.15) is 0 Å². The largest absolute Gasteiger partial charge is 0.394 e. The Balaban J connectivity index is 3.87. The molecule has 1 atom stereocenters. The van der Waals surface area contributed by atoms with Crippen molar-refractivity contribution in [2.75, 3.05) is 12.5 Å². The summed E-state index contributed by atoms with van der Waals surface area (Å²) in [4.78, 5) is 11.3. The highest BCUT2D eigenvalue weighted by atomic mass is 35.5. The summed E-state index contributed by atoms with van der Waals surface area (Å²) in [5.41, 5.74) is -0.483. The molecule has 0 fully saturated rings. The van der Waals surface area contributed by atoms with Gasteiger partial charge in [-0.25, -0.2) is 0 Å². The number of nitrogens with one attached hydrogen (secondary N) is 1. The van der Waals surface area contributed by atoms with Gasteiger partial charge in [-0.15, -0.1) is 11.6 Å². The third kappa shape index (κ3) is 5.11. The van der Waals surface area contributed by atoms with Crippen molar-refractivity contribution in [3.63, 3.8) is 0 Å². The molecule has 0 aliphatic rings. The van der Waals surface area contributed by atoms with Crippen molar-refractivity contribution in [2.24, 2.45) is 0 Å². The van der Waals surface area contributed by atoms with Crippen molar-refractivity contribution in [1.82, 2.24) is 5.32 Å². The molecule has 0 aromatic heterocycles. The second kappa shape index (κ2) is 6.22. The van der Waals surface area contributed by atoms with E-state index < -0.39 is 5.54 Å². The SMILES string of the molecule is CCC(C)(CO)NC(=O)CCCCl. The number of rotatable bonds is 6. The van der Waals surface area contributed by atoms with E-state index in [2.05, 4.69) is 5.32 Å². The molecule has 13 heavy (non-hydrogen) atoms. The van der Waals surface area contributed by atoms with E-state index in [1.807, 2.05) is 13.8 Å². The molecular formula is C9H18ClNO2. The van der Waals surface area contributed by atoms with Gasteiger partial charge >= 0.3 is 0 Å². The Morgan fingerprint density at radius 3 is 2.62 bits per heavy atom. The van der Waals surface area contributed by atoms with E-state index in [1.165, 1.54) is 0 Å². The topological polar surface area (TPSA) is 49.3 Å². The zero-order valence-electron chi connectivity index (χ0n) is 8.27. The molecule has 0 heterocycles. The molecule has 3 nitrogen and oxygen atoms in total. The second-order valence-electron chi connectivity index (χ2n) is 3.41. The standard InChI is InChI=1S/C9H18ClNO2/c1-3-9(2,7-12)11-8(13)5-4-6-10/h12H,3-7H2,1-2H3,(H,11,13). The highest BCUT2D eigenvalue weighted by Gasteiger charge is 2.22. The van der Waals surface area contributed by atoms with E-state index in [0.29, 0.717) is 18.7 Å². The third-order valence-corrected chi connectivity index (χ3v) is 2.38. The normalized spacial score (nSPS) is 15.1. The molecule has 1 unspecified atom stereocenters. The van der Waals surface area contributed by atoms with Crippen LogP contribution in [0.3, 0.4) is 0 Å². The van der Waals surface area contributed by atoms with Gasteiger partial charge in [-0.3, -0.25) is 4.79 Å². The highest BCUT2D eigenvalue weighted by molar-refractivity contribution is 6.17. The summed E-state index contributed by atoms with van der Waals surface area (Å²) in [6.07, 6.45) is 1.83. The predicted octanol–water partition coefficient (Wildman–Crippen LogP) is 1.28. The molecule has 78 valence electrons. The Morgan fingerprint density at radius 2 is 2.23 bits per heavy atom. The van der Waals surface area contributed by atoms with Crippen molar-refractivity contribution < 1.29 is 9.90 Å². The molecule has 0 rings (SSSR count). The van der Waals surface area contributed by atoms with Gasteiger partial charge in [-0.05, 0) is 19.8 Å². The summed E-state index contributed by atoms with van der Waals surface area (Å²) in [5.74, 6) is 0.453. The quantitative estimate of drug-likeness (QED) is 0.645. The van der Waals surface area contributed by atoms with Gasteiger partial charge in [0.05, 0.1) is 12.1 Å². The van der Waals surface area contributed by atoms with Crippen LogP contribution in [-0.2, 0) is 4.79 Å². The fourth-order valence-corrected chi connectivity index (χ4v) is 1.000. The molecule has 0 saturated carbocycles. The Hall–Kier alpha value is -0.280. The van der Waals surface area contributed by atoms with Crippen LogP contribution < -0.4 is 5.32 Å². The van der Waals surface area contributed by atoms with Gasteiger partial charge in [0.2, 0.25) is 5.91 Å². The van der Waals surface area contributed by atoms with Gasteiger partial charge in [0.15, 0.2) is 0 Å². The minimum Gasteiger partial charge on any atom is -0.394 e. The molecular weight excluding hydrogens is 190 g/mol. The molecule has 0 bridgehead atoms. The maximum absolute atomic E-state index is 11.3. The Morgan fingerprint density at radius 1 is 1.62 bits per heavy atom. The molecule has 1 amide bonds. The number of hydrogen-bond acceptors (Lipinski definition) is 2. The maximum Gasteiger partial charge on any atom is 0.220 e. The number of carbonyl (C=O) groups is 1. The van der Waals surface area contributed by atoms with E-state index in [-0.39, 0.29) is 12.5 Å². The molecule has 0 aliphatic carbocycles. The average molecular weight is 208 g/mol. The zero-order chi connectivity index (χ0) is 10.3. The molecule has 0 aliphatic heterocycles. The fraction of sp³-hybridized carbons (Fsp3) is 0.889. The first-order valence-corrected chi connectivity index (χ1v) is 5.09. The minimum atomic E-state index is -0.483. The van der Waals surface area contributed by atoms with Crippen LogP contribution in [0.2, 0.25) is 0 Å². The molecule has 0 aromatic carbocycles. The first-order valence-electron chi connectivity index (χ1n) is 4.56. The van der Waals surface area contributed by atoms with Crippen LogP contribution in [0.1, 0.15) is 33.1 Å². The Bertz CT molecular complexity index is 158. The van der Waals surface area contributed by atoms with Crippen LogP contribution in [-0.4, -0.2) is 29.0 Å². The van der Waals surface area contributed by atoms with Crippen LogP contribution in [0.25, 0.3) is 0 Å². The van der Waals surface area contributed by atoms with Gasteiger partial charge in [-0.1, -0.05) is 6.92 Å². The van der Waals surface area contributed by atoms with E-state index >= 15 is 0 Å². The second-order valence-corrected chi connectivity index (χ2v) is 3.79. The van der Waals surface area contributed by atoms with E-state index in [9.17, 15) is 4.79 Å². The van der Waals surface area contributed by atoms with Gasteiger partial charge in [0.25, 0.3) is 0 Å². The summed E-state index contributed by atoms with van der Waals surface area (Å²) in [6, 6.07) is 0. The smallest absolute Gasteiger partial charge is 0.220 e. The molecule has 0 saturated heterocycles. The molecule has 4 heteroatoms. The van der Waals surface area contributed by atoms with Gasteiger partial charge in [0.1, 0.15) is 0 Å². The Labute approximate surface area is 84.5 Å². The van der Waals surface area contributed by atoms with E-state index in [0.717, 1.165) is 6.42 Å². The molecule has 2 N–H and O–H groups in total.